The van der Waals surface area contributed by atoms with Crippen LogP contribution in [-0.2, 0) is 14.4 Å². The minimum atomic E-state index is -4.90. The van der Waals surface area contributed by atoms with Crippen LogP contribution in [0.15, 0.2) is 0 Å². The van der Waals surface area contributed by atoms with Crippen molar-refractivity contribution in [1.82, 2.24) is 0 Å². The molecule has 2 fully saturated rings. The highest BCUT2D eigenvalue weighted by Crippen LogP contribution is 2.49. The summed E-state index contributed by atoms with van der Waals surface area (Å²) in [5.41, 5.74) is -1.25. The zero-order chi connectivity index (χ0) is 17.3. The fraction of sp³-hybridized carbons (Fsp3) is 0.933. The maximum atomic E-state index is 12.9. The standard InChI is InChI=1S/C15H22BrF3O4/c1-9-5-6-10-3-2-4-12(14(10,23-21)8-22-9)11(7-16)13(20)15(17,18)19/h9-12,21H,2-8H2,1H3. The number of hydrogen-bond acceptors (Lipinski definition) is 4. The van der Waals surface area contributed by atoms with Gasteiger partial charge < -0.3 is 4.74 Å². The SMILES string of the molecule is CC1CCC2CCCC(C(CBr)C(=O)C(F)(F)F)C2(OO)CO1. The van der Waals surface area contributed by atoms with Crippen molar-refractivity contribution < 1.29 is 32.8 Å². The topological polar surface area (TPSA) is 55.8 Å². The minimum absolute atomic E-state index is 0.00857. The van der Waals surface area contributed by atoms with Gasteiger partial charge in [-0.15, -0.1) is 0 Å². The van der Waals surface area contributed by atoms with E-state index >= 15 is 0 Å². The summed E-state index contributed by atoms with van der Waals surface area (Å²) in [4.78, 5) is 16.6. The second kappa shape index (κ2) is 7.37. The van der Waals surface area contributed by atoms with E-state index in [-0.39, 0.29) is 24.0 Å². The Bertz CT molecular complexity index is 431. The molecule has 2 aliphatic rings. The van der Waals surface area contributed by atoms with Gasteiger partial charge in [-0.3, -0.25) is 10.1 Å². The first-order valence-corrected chi connectivity index (χ1v) is 8.99. The van der Waals surface area contributed by atoms with E-state index in [1.54, 1.807) is 0 Å². The van der Waals surface area contributed by atoms with E-state index in [0.717, 1.165) is 12.8 Å². The predicted octanol–water partition coefficient (Wildman–Crippen LogP) is 3.97. The number of fused-ring (bicyclic) bond motifs is 1. The Kier molecular flexibility index (Phi) is 6.14. The maximum Gasteiger partial charge on any atom is 0.450 e. The highest BCUT2D eigenvalue weighted by atomic mass is 79.9. The van der Waals surface area contributed by atoms with Gasteiger partial charge in [0.2, 0.25) is 5.78 Å². The Balaban J connectivity index is 2.35. The van der Waals surface area contributed by atoms with Crippen molar-refractivity contribution in [2.45, 2.75) is 56.9 Å². The molecule has 1 heterocycles. The summed E-state index contributed by atoms with van der Waals surface area (Å²) in [6, 6.07) is 0. The lowest BCUT2D eigenvalue weighted by atomic mass is 9.62. The summed E-state index contributed by atoms with van der Waals surface area (Å²) in [6.45, 7) is 1.90. The lowest BCUT2D eigenvalue weighted by molar-refractivity contribution is -0.370. The molecule has 2 rings (SSSR count). The minimum Gasteiger partial charge on any atom is -0.375 e. The van der Waals surface area contributed by atoms with E-state index in [0.29, 0.717) is 19.3 Å². The lowest BCUT2D eigenvalue weighted by Crippen LogP contribution is -2.57. The molecule has 23 heavy (non-hydrogen) atoms. The fourth-order valence-electron chi connectivity index (χ4n) is 4.06. The number of carbonyl (C=O) groups is 1. The second-order valence-electron chi connectivity index (χ2n) is 6.60. The first-order chi connectivity index (χ1) is 10.8. The molecule has 8 heteroatoms. The number of rotatable bonds is 4. The van der Waals surface area contributed by atoms with Crippen molar-refractivity contribution in [3.63, 3.8) is 0 Å². The van der Waals surface area contributed by atoms with Gasteiger partial charge in [-0.1, -0.05) is 22.4 Å². The van der Waals surface area contributed by atoms with Gasteiger partial charge in [0.25, 0.3) is 0 Å². The van der Waals surface area contributed by atoms with Crippen molar-refractivity contribution in [3.8, 4) is 0 Å². The van der Waals surface area contributed by atoms with Gasteiger partial charge in [-0.25, -0.2) is 4.89 Å². The van der Waals surface area contributed by atoms with Crippen molar-refractivity contribution in [1.29, 1.82) is 0 Å². The summed E-state index contributed by atoms with van der Waals surface area (Å²) in [5, 5.41) is 9.48. The van der Waals surface area contributed by atoms with Crippen LogP contribution in [0, 0.1) is 17.8 Å². The van der Waals surface area contributed by atoms with Crippen LogP contribution in [0.25, 0.3) is 0 Å². The molecule has 4 nitrogen and oxygen atoms in total. The van der Waals surface area contributed by atoms with Gasteiger partial charge in [0.15, 0.2) is 0 Å². The number of ether oxygens (including phenoxy) is 1. The Morgan fingerprint density at radius 3 is 2.65 bits per heavy atom. The zero-order valence-corrected chi connectivity index (χ0v) is 14.5. The molecule has 0 aromatic carbocycles. The molecule has 1 saturated heterocycles. The van der Waals surface area contributed by atoms with E-state index < -0.39 is 29.4 Å². The molecule has 5 atom stereocenters. The third-order valence-corrected chi connectivity index (χ3v) is 6.04. The molecule has 1 aliphatic heterocycles. The zero-order valence-electron chi connectivity index (χ0n) is 12.9. The van der Waals surface area contributed by atoms with Gasteiger partial charge in [-0.2, -0.15) is 13.2 Å². The summed E-state index contributed by atoms with van der Waals surface area (Å²) >= 11 is 3.05. The van der Waals surface area contributed by atoms with Crippen LogP contribution < -0.4 is 0 Å². The predicted molar refractivity (Wildman–Crippen MR) is 80.3 cm³/mol. The molecule has 0 aromatic rings. The molecule has 0 radical (unpaired) electrons. The average molecular weight is 403 g/mol. The highest BCUT2D eigenvalue weighted by molar-refractivity contribution is 9.09. The van der Waals surface area contributed by atoms with Crippen molar-refractivity contribution in [2.24, 2.45) is 17.8 Å². The molecule has 134 valence electrons. The third kappa shape index (κ3) is 3.75. The monoisotopic (exact) mass is 402 g/mol. The van der Waals surface area contributed by atoms with E-state index in [1.807, 2.05) is 6.92 Å². The number of alkyl halides is 4. The molecule has 1 saturated carbocycles. The smallest absolute Gasteiger partial charge is 0.375 e. The van der Waals surface area contributed by atoms with Crippen LogP contribution in [0.1, 0.15) is 39.0 Å². The Morgan fingerprint density at radius 2 is 2.09 bits per heavy atom. The molecule has 0 aromatic heterocycles. The van der Waals surface area contributed by atoms with Gasteiger partial charge >= 0.3 is 6.18 Å². The molecule has 1 aliphatic carbocycles. The molecule has 0 bridgehead atoms. The van der Waals surface area contributed by atoms with Crippen LogP contribution in [0.2, 0.25) is 0 Å². The Morgan fingerprint density at radius 1 is 1.39 bits per heavy atom. The molecule has 0 spiro atoms. The largest absolute Gasteiger partial charge is 0.450 e. The third-order valence-electron chi connectivity index (χ3n) is 5.34. The van der Waals surface area contributed by atoms with E-state index in [9.17, 15) is 23.2 Å². The van der Waals surface area contributed by atoms with Crippen LogP contribution in [0.5, 0.6) is 0 Å². The molecule has 0 amide bonds. The quantitative estimate of drug-likeness (QED) is 0.439. The summed E-state index contributed by atoms with van der Waals surface area (Å²) in [6.07, 6.45) is -1.63. The van der Waals surface area contributed by atoms with Gasteiger partial charge in [0.1, 0.15) is 5.60 Å². The normalized spacial score (nSPS) is 36.9. The van der Waals surface area contributed by atoms with Gasteiger partial charge in [0, 0.05) is 17.2 Å². The summed E-state index contributed by atoms with van der Waals surface area (Å²) < 4.78 is 44.5. The van der Waals surface area contributed by atoms with Crippen LogP contribution in [0.4, 0.5) is 13.2 Å². The first kappa shape index (κ1) is 19.1. The molecular weight excluding hydrogens is 381 g/mol. The summed E-state index contributed by atoms with van der Waals surface area (Å²) in [5.74, 6) is -3.90. The number of halogens is 4. The second-order valence-corrected chi connectivity index (χ2v) is 7.25. The molecule has 1 N–H and O–H groups in total. The van der Waals surface area contributed by atoms with Crippen LogP contribution in [-0.4, -0.2) is 40.9 Å². The number of hydrogen-bond donors (Lipinski definition) is 1. The molecule has 5 unspecified atom stereocenters. The highest BCUT2D eigenvalue weighted by Gasteiger charge is 2.57. The lowest BCUT2D eigenvalue weighted by Gasteiger charge is -2.48. The van der Waals surface area contributed by atoms with Crippen molar-refractivity contribution in [3.05, 3.63) is 0 Å². The van der Waals surface area contributed by atoms with E-state index in [2.05, 4.69) is 15.9 Å². The van der Waals surface area contributed by atoms with Crippen molar-refractivity contribution >= 4 is 21.7 Å². The molecular formula is C15H22BrF3O4. The number of Topliss-reactive ketones (excluding diaryl/α,β-unsaturated/α-hetero) is 1. The summed E-state index contributed by atoms with van der Waals surface area (Å²) in [7, 11) is 0. The van der Waals surface area contributed by atoms with Crippen LogP contribution in [0.3, 0.4) is 0 Å². The fourth-order valence-corrected chi connectivity index (χ4v) is 4.81. The van der Waals surface area contributed by atoms with E-state index in [4.69, 9.17) is 9.62 Å². The van der Waals surface area contributed by atoms with Crippen molar-refractivity contribution in [2.75, 3.05) is 11.9 Å². The maximum absolute atomic E-state index is 12.9. The average Bonchev–Trinajstić information content (AvgIpc) is 2.67. The van der Waals surface area contributed by atoms with E-state index in [1.165, 1.54) is 0 Å². The first-order valence-electron chi connectivity index (χ1n) is 7.87. The van der Waals surface area contributed by atoms with Gasteiger partial charge in [0.05, 0.1) is 12.7 Å². The Labute approximate surface area is 141 Å². The van der Waals surface area contributed by atoms with Gasteiger partial charge in [-0.05, 0) is 38.5 Å². The van der Waals surface area contributed by atoms with Crippen LogP contribution >= 0.6 is 15.9 Å². The number of carbonyl (C=O) groups excluding carboxylic acids is 1. The number of ketones is 1. The Hall–Kier alpha value is -0.180.